The first-order chi connectivity index (χ1) is 9.86. The maximum absolute atomic E-state index is 5.58. The van der Waals surface area contributed by atoms with E-state index in [1.807, 2.05) is 6.20 Å². The molecular weight excluding hydrogens is 252 g/mol. The molecule has 2 fully saturated rings. The predicted molar refractivity (Wildman–Crippen MR) is 79.2 cm³/mol. The Hall–Kier alpha value is -1.36. The lowest BCUT2D eigenvalue weighted by Crippen LogP contribution is -2.39. The largest absolute Gasteiger partial charge is 0.477 e. The topological polar surface area (TPSA) is 50.3 Å². The Kier molecular flexibility index (Phi) is 4.35. The van der Waals surface area contributed by atoms with Gasteiger partial charge in [0.1, 0.15) is 0 Å². The van der Waals surface area contributed by atoms with Gasteiger partial charge in [0.2, 0.25) is 5.88 Å². The second-order valence-electron chi connectivity index (χ2n) is 5.74. The number of nitrogens with zero attached hydrogens (tertiary/aromatic N) is 3. The molecule has 1 aliphatic heterocycles. The Morgan fingerprint density at radius 3 is 3.05 bits per heavy atom. The highest BCUT2D eigenvalue weighted by atomic mass is 16.5. The van der Waals surface area contributed by atoms with E-state index in [1.165, 1.54) is 25.7 Å². The maximum Gasteiger partial charge on any atom is 0.234 e. The molecule has 1 saturated heterocycles. The van der Waals surface area contributed by atoms with Crippen molar-refractivity contribution in [2.75, 3.05) is 24.6 Å². The Morgan fingerprint density at radius 1 is 1.35 bits per heavy atom. The lowest BCUT2D eigenvalue weighted by Gasteiger charge is -2.26. The molecule has 20 heavy (non-hydrogen) atoms. The van der Waals surface area contributed by atoms with Gasteiger partial charge in [-0.05, 0) is 32.1 Å². The third kappa shape index (κ3) is 3.39. The minimum Gasteiger partial charge on any atom is -0.477 e. The van der Waals surface area contributed by atoms with E-state index in [-0.39, 0.29) is 0 Å². The zero-order chi connectivity index (χ0) is 13.8. The summed E-state index contributed by atoms with van der Waals surface area (Å²) < 4.78 is 5.58. The summed E-state index contributed by atoms with van der Waals surface area (Å²) in [5.74, 6) is 1.60. The minimum absolute atomic E-state index is 0.548. The zero-order valence-corrected chi connectivity index (χ0v) is 12.2. The number of rotatable bonds is 7. The van der Waals surface area contributed by atoms with Gasteiger partial charge in [0.05, 0.1) is 19.0 Å². The first kappa shape index (κ1) is 13.6. The number of aromatic nitrogens is 2. The molecular formula is C15H24N4O. The number of ether oxygens (including phenoxy) is 1. The smallest absolute Gasteiger partial charge is 0.234 e. The van der Waals surface area contributed by atoms with Gasteiger partial charge in [-0.3, -0.25) is 4.98 Å². The highest BCUT2D eigenvalue weighted by molar-refractivity contribution is 5.40. The summed E-state index contributed by atoms with van der Waals surface area (Å²) in [7, 11) is 0. The summed E-state index contributed by atoms with van der Waals surface area (Å²) in [5, 5.41) is 3.63. The first-order valence-electron chi connectivity index (χ1n) is 7.81. The third-order valence-corrected chi connectivity index (χ3v) is 3.94. The molecule has 5 heteroatoms. The van der Waals surface area contributed by atoms with E-state index < -0.39 is 0 Å². The van der Waals surface area contributed by atoms with Crippen molar-refractivity contribution < 1.29 is 4.74 Å². The van der Waals surface area contributed by atoms with Crippen molar-refractivity contribution >= 4 is 5.82 Å². The summed E-state index contributed by atoms with van der Waals surface area (Å²) in [6.45, 7) is 4.93. The van der Waals surface area contributed by atoms with Crippen LogP contribution < -0.4 is 15.0 Å². The average Bonchev–Trinajstić information content (AvgIpc) is 3.19. The Morgan fingerprint density at radius 2 is 2.25 bits per heavy atom. The van der Waals surface area contributed by atoms with Crippen molar-refractivity contribution in [3.05, 3.63) is 12.4 Å². The van der Waals surface area contributed by atoms with Gasteiger partial charge in [0.25, 0.3) is 0 Å². The van der Waals surface area contributed by atoms with Crippen molar-refractivity contribution in [1.29, 1.82) is 0 Å². The highest BCUT2D eigenvalue weighted by Crippen LogP contribution is 2.25. The molecule has 0 amide bonds. The molecule has 1 atom stereocenters. The number of hydrogen-bond acceptors (Lipinski definition) is 5. The molecule has 2 aliphatic rings. The van der Waals surface area contributed by atoms with Crippen molar-refractivity contribution in [2.45, 2.75) is 51.1 Å². The van der Waals surface area contributed by atoms with E-state index in [9.17, 15) is 0 Å². The van der Waals surface area contributed by atoms with Gasteiger partial charge in [-0.15, -0.1) is 0 Å². The van der Waals surface area contributed by atoms with Crippen LogP contribution in [0, 0.1) is 0 Å². The minimum atomic E-state index is 0.548. The molecule has 1 N–H and O–H groups in total. The number of nitrogens with one attached hydrogen (secondary N) is 1. The van der Waals surface area contributed by atoms with Gasteiger partial charge in [-0.1, -0.05) is 6.92 Å². The Bertz CT molecular complexity index is 436. The molecule has 1 aliphatic carbocycles. The van der Waals surface area contributed by atoms with Gasteiger partial charge >= 0.3 is 0 Å². The summed E-state index contributed by atoms with van der Waals surface area (Å²) in [6, 6.07) is 1.31. The highest BCUT2D eigenvalue weighted by Gasteiger charge is 2.28. The van der Waals surface area contributed by atoms with E-state index in [2.05, 4.69) is 27.1 Å². The van der Waals surface area contributed by atoms with E-state index in [4.69, 9.17) is 4.74 Å². The predicted octanol–water partition coefficient (Wildman–Crippen LogP) is 1.99. The molecule has 0 aromatic carbocycles. The fourth-order valence-electron chi connectivity index (χ4n) is 2.69. The Balaban J connectivity index is 1.63. The van der Waals surface area contributed by atoms with Crippen molar-refractivity contribution in [3.63, 3.8) is 0 Å². The molecule has 0 radical (unpaired) electrons. The molecule has 110 valence electrons. The maximum atomic E-state index is 5.58. The van der Waals surface area contributed by atoms with Gasteiger partial charge in [-0.2, -0.15) is 4.98 Å². The van der Waals surface area contributed by atoms with E-state index in [0.29, 0.717) is 18.5 Å². The SMILES string of the molecule is CCCOc1cncc(N2CCCC2CNC2CC2)n1. The van der Waals surface area contributed by atoms with Crippen LogP contribution in [0.3, 0.4) is 0 Å². The van der Waals surface area contributed by atoms with Crippen LogP contribution in [0.15, 0.2) is 12.4 Å². The lowest BCUT2D eigenvalue weighted by molar-refractivity contribution is 0.304. The monoisotopic (exact) mass is 276 g/mol. The molecule has 1 saturated carbocycles. The summed E-state index contributed by atoms with van der Waals surface area (Å²) in [5.41, 5.74) is 0. The van der Waals surface area contributed by atoms with Crippen molar-refractivity contribution in [3.8, 4) is 5.88 Å². The van der Waals surface area contributed by atoms with Crippen LogP contribution in [-0.2, 0) is 0 Å². The van der Waals surface area contributed by atoms with E-state index in [0.717, 1.165) is 31.4 Å². The van der Waals surface area contributed by atoms with E-state index >= 15 is 0 Å². The molecule has 1 aromatic heterocycles. The molecule has 0 spiro atoms. The average molecular weight is 276 g/mol. The normalized spacial score (nSPS) is 22.2. The number of anilines is 1. The summed E-state index contributed by atoms with van der Waals surface area (Å²) >= 11 is 0. The first-order valence-corrected chi connectivity index (χ1v) is 7.81. The van der Waals surface area contributed by atoms with Crippen LogP contribution >= 0.6 is 0 Å². The standard InChI is InChI=1S/C15H24N4O/c1-2-8-20-15-11-16-10-14(18-15)19-7-3-4-13(19)9-17-12-5-6-12/h10-13,17H,2-9H2,1H3. The van der Waals surface area contributed by atoms with Gasteiger partial charge < -0.3 is 15.0 Å². The fraction of sp³-hybridized carbons (Fsp3) is 0.733. The van der Waals surface area contributed by atoms with Gasteiger partial charge in [-0.25, -0.2) is 0 Å². The number of hydrogen-bond donors (Lipinski definition) is 1. The molecule has 3 rings (SSSR count). The second kappa shape index (κ2) is 6.39. The lowest BCUT2D eigenvalue weighted by atomic mass is 10.2. The zero-order valence-electron chi connectivity index (χ0n) is 12.2. The van der Waals surface area contributed by atoms with Crippen LogP contribution in [0.5, 0.6) is 5.88 Å². The third-order valence-electron chi connectivity index (χ3n) is 3.94. The van der Waals surface area contributed by atoms with Crippen molar-refractivity contribution in [2.24, 2.45) is 0 Å². The van der Waals surface area contributed by atoms with Crippen LogP contribution in [0.1, 0.15) is 39.0 Å². The molecule has 2 heterocycles. The summed E-state index contributed by atoms with van der Waals surface area (Å²) in [4.78, 5) is 11.2. The van der Waals surface area contributed by atoms with Crippen LogP contribution in [0.25, 0.3) is 0 Å². The van der Waals surface area contributed by atoms with Crippen molar-refractivity contribution in [1.82, 2.24) is 15.3 Å². The van der Waals surface area contributed by atoms with Gasteiger partial charge in [0.15, 0.2) is 5.82 Å². The van der Waals surface area contributed by atoms with Crippen LogP contribution in [0.4, 0.5) is 5.82 Å². The van der Waals surface area contributed by atoms with Crippen LogP contribution in [-0.4, -0.2) is 41.7 Å². The van der Waals surface area contributed by atoms with Gasteiger partial charge in [0, 0.05) is 25.2 Å². The summed E-state index contributed by atoms with van der Waals surface area (Å²) in [6.07, 6.45) is 9.70. The molecule has 1 aromatic rings. The molecule has 0 bridgehead atoms. The fourth-order valence-corrected chi connectivity index (χ4v) is 2.69. The van der Waals surface area contributed by atoms with E-state index in [1.54, 1.807) is 6.20 Å². The Labute approximate surface area is 120 Å². The molecule has 5 nitrogen and oxygen atoms in total. The second-order valence-corrected chi connectivity index (χ2v) is 5.74. The van der Waals surface area contributed by atoms with Crippen LogP contribution in [0.2, 0.25) is 0 Å². The molecule has 1 unspecified atom stereocenters. The quantitative estimate of drug-likeness (QED) is 0.825.